The Morgan fingerprint density at radius 2 is 0.667 bits per heavy atom. The molecule has 0 atom stereocenters. The van der Waals surface area contributed by atoms with Gasteiger partial charge in [-0.15, -0.1) is 0 Å². The molecule has 0 aliphatic heterocycles. The molecule has 0 saturated heterocycles. The molecule has 0 nitrogen and oxygen atoms in total. The maximum absolute atomic E-state index is 2.16. The maximum Gasteiger partial charge on any atom is -0.00258 e. The van der Waals surface area contributed by atoms with Crippen molar-refractivity contribution in [2.24, 2.45) is 0 Å². The van der Waals surface area contributed by atoms with Crippen molar-refractivity contribution in [3.8, 4) is 0 Å². The Morgan fingerprint density at radius 1 is 0.407 bits per heavy atom. The quantitative estimate of drug-likeness (QED) is 0.436. The maximum atomic E-state index is 2.16. The van der Waals surface area contributed by atoms with E-state index in [-0.39, 0.29) is 0 Å². The minimum absolute atomic E-state index is 1.03. The molecule has 0 aliphatic carbocycles. The third-order valence-corrected chi connectivity index (χ3v) is 3.34. The first-order chi connectivity index (χ1) is 13.4. The normalized spacial score (nSPS) is 8.11. The zero-order valence-corrected chi connectivity index (χ0v) is 18.6. The lowest BCUT2D eigenvalue weighted by molar-refractivity contribution is 1.14. The summed E-state index contributed by atoms with van der Waals surface area (Å²) in [7, 11) is 0. The van der Waals surface area contributed by atoms with Crippen LogP contribution in [-0.4, -0.2) is 0 Å². The van der Waals surface area contributed by atoms with Gasteiger partial charge in [0.15, 0.2) is 0 Å². The van der Waals surface area contributed by atoms with E-state index in [1.54, 1.807) is 0 Å². The Balaban J connectivity index is 0. The number of hydrogen-bond donors (Lipinski definition) is 0. The molecule has 0 N–H and O–H groups in total. The molecule has 0 saturated carbocycles. The van der Waals surface area contributed by atoms with Gasteiger partial charge in [-0.3, -0.25) is 0 Å². The fourth-order valence-corrected chi connectivity index (χ4v) is 2.14. The lowest BCUT2D eigenvalue weighted by atomic mass is 10.1. The van der Waals surface area contributed by atoms with E-state index >= 15 is 0 Å². The Morgan fingerprint density at radius 3 is 0.889 bits per heavy atom. The SMILES string of the molecule is CC.CC.CC.CCc1ccccc1.c1ccc(Cc2ccccc2)cc1. The smallest absolute Gasteiger partial charge is 0.00258 e. The second kappa shape index (κ2) is 21.7. The molecule has 0 aromatic heterocycles. The monoisotopic (exact) mass is 364 g/mol. The van der Waals surface area contributed by atoms with Gasteiger partial charge in [0.25, 0.3) is 0 Å². The molecule has 27 heavy (non-hydrogen) atoms. The van der Waals surface area contributed by atoms with Crippen LogP contribution in [0.5, 0.6) is 0 Å². The first-order valence-electron chi connectivity index (χ1n) is 10.5. The average molecular weight is 365 g/mol. The van der Waals surface area contributed by atoms with Crippen LogP contribution in [0.2, 0.25) is 0 Å². The summed E-state index contributed by atoms with van der Waals surface area (Å²) in [5, 5.41) is 0. The highest BCUT2D eigenvalue weighted by Crippen LogP contribution is 2.07. The topological polar surface area (TPSA) is 0 Å². The van der Waals surface area contributed by atoms with Crippen LogP contribution < -0.4 is 0 Å². The second-order valence-corrected chi connectivity index (χ2v) is 4.99. The van der Waals surface area contributed by atoms with Gasteiger partial charge in [0.1, 0.15) is 0 Å². The van der Waals surface area contributed by atoms with Gasteiger partial charge in [-0.25, -0.2) is 0 Å². The van der Waals surface area contributed by atoms with E-state index in [4.69, 9.17) is 0 Å². The van der Waals surface area contributed by atoms with E-state index in [2.05, 4.69) is 91.9 Å². The summed E-state index contributed by atoms with van der Waals surface area (Å²) < 4.78 is 0. The predicted octanol–water partition coefficient (Wildman–Crippen LogP) is 8.61. The molecule has 0 spiro atoms. The summed E-state index contributed by atoms with van der Waals surface area (Å²) >= 11 is 0. The highest BCUT2D eigenvalue weighted by Gasteiger charge is 1.92. The molecule has 0 amide bonds. The molecular weight excluding hydrogens is 324 g/mol. The molecule has 0 aliphatic rings. The van der Waals surface area contributed by atoms with Crippen LogP contribution in [0.4, 0.5) is 0 Å². The fraction of sp³-hybridized carbons (Fsp3) is 0.333. The van der Waals surface area contributed by atoms with E-state index < -0.39 is 0 Å². The van der Waals surface area contributed by atoms with Crippen LogP contribution in [0.1, 0.15) is 65.2 Å². The minimum atomic E-state index is 1.03. The zero-order valence-electron chi connectivity index (χ0n) is 18.6. The molecule has 3 rings (SSSR count). The number of benzene rings is 3. The molecule has 3 aromatic rings. The first-order valence-corrected chi connectivity index (χ1v) is 10.5. The molecule has 0 fully saturated rings. The van der Waals surface area contributed by atoms with Gasteiger partial charge >= 0.3 is 0 Å². The van der Waals surface area contributed by atoms with Crippen molar-refractivity contribution in [1.82, 2.24) is 0 Å². The van der Waals surface area contributed by atoms with E-state index in [9.17, 15) is 0 Å². The Hall–Kier alpha value is -2.34. The Labute approximate surface area is 169 Å². The van der Waals surface area contributed by atoms with Crippen molar-refractivity contribution < 1.29 is 0 Å². The van der Waals surface area contributed by atoms with Crippen molar-refractivity contribution in [3.63, 3.8) is 0 Å². The van der Waals surface area contributed by atoms with Gasteiger partial charge < -0.3 is 0 Å². The fourth-order valence-electron chi connectivity index (χ4n) is 2.14. The van der Waals surface area contributed by atoms with E-state index in [0.29, 0.717) is 0 Å². The van der Waals surface area contributed by atoms with Crippen LogP contribution in [-0.2, 0) is 12.8 Å². The number of rotatable bonds is 3. The summed E-state index contributed by atoms with van der Waals surface area (Å²) in [6.07, 6.45) is 2.17. The summed E-state index contributed by atoms with van der Waals surface area (Å²) in [4.78, 5) is 0. The van der Waals surface area contributed by atoms with Gasteiger partial charge in [-0.2, -0.15) is 0 Å². The minimum Gasteiger partial charge on any atom is -0.0683 e. The van der Waals surface area contributed by atoms with E-state index in [0.717, 1.165) is 12.8 Å². The van der Waals surface area contributed by atoms with Gasteiger partial charge in [-0.1, -0.05) is 139 Å². The third kappa shape index (κ3) is 14.5. The van der Waals surface area contributed by atoms with E-state index in [1.165, 1.54) is 16.7 Å². The first kappa shape index (κ1) is 26.9. The summed E-state index contributed by atoms with van der Waals surface area (Å²) in [5.41, 5.74) is 4.15. The number of hydrogen-bond acceptors (Lipinski definition) is 0. The van der Waals surface area contributed by atoms with Crippen LogP contribution in [0.15, 0.2) is 91.0 Å². The summed E-state index contributed by atoms with van der Waals surface area (Å²) in [6, 6.07) is 31.5. The van der Waals surface area contributed by atoms with Crippen LogP contribution >= 0.6 is 0 Å². The molecule has 0 unspecified atom stereocenters. The van der Waals surface area contributed by atoms with Crippen LogP contribution in [0, 0.1) is 0 Å². The second-order valence-electron chi connectivity index (χ2n) is 4.99. The van der Waals surface area contributed by atoms with Crippen LogP contribution in [0.25, 0.3) is 0 Å². The lowest BCUT2D eigenvalue weighted by Gasteiger charge is -2.00. The van der Waals surface area contributed by atoms with Crippen molar-refractivity contribution >= 4 is 0 Å². The lowest BCUT2D eigenvalue weighted by Crippen LogP contribution is -1.85. The largest absolute Gasteiger partial charge is 0.0683 e. The number of aryl methyl sites for hydroxylation is 1. The summed E-state index contributed by atoms with van der Waals surface area (Å²) in [5.74, 6) is 0. The predicted molar refractivity (Wildman–Crippen MR) is 126 cm³/mol. The molecule has 0 bridgehead atoms. The summed E-state index contributed by atoms with van der Waals surface area (Å²) in [6.45, 7) is 14.2. The van der Waals surface area contributed by atoms with Crippen molar-refractivity contribution in [2.45, 2.75) is 61.3 Å². The highest BCUT2D eigenvalue weighted by atomic mass is 14.0. The Kier molecular flexibility index (Phi) is 21.6. The van der Waals surface area contributed by atoms with Crippen molar-refractivity contribution in [3.05, 3.63) is 108 Å². The van der Waals surface area contributed by atoms with Gasteiger partial charge in [0.2, 0.25) is 0 Å². The van der Waals surface area contributed by atoms with Gasteiger partial charge in [0, 0.05) is 0 Å². The van der Waals surface area contributed by atoms with Crippen molar-refractivity contribution in [2.75, 3.05) is 0 Å². The Bertz CT molecular complexity index is 560. The molecular formula is C27H40. The molecule has 0 heteroatoms. The molecule has 3 aromatic carbocycles. The van der Waals surface area contributed by atoms with Crippen LogP contribution in [0.3, 0.4) is 0 Å². The zero-order chi connectivity index (χ0) is 20.8. The van der Waals surface area contributed by atoms with E-state index in [1.807, 2.05) is 47.6 Å². The third-order valence-electron chi connectivity index (χ3n) is 3.34. The van der Waals surface area contributed by atoms with Gasteiger partial charge in [0.05, 0.1) is 0 Å². The molecule has 0 radical (unpaired) electrons. The highest BCUT2D eigenvalue weighted by molar-refractivity contribution is 5.25. The molecule has 148 valence electrons. The van der Waals surface area contributed by atoms with Crippen molar-refractivity contribution in [1.29, 1.82) is 0 Å². The standard InChI is InChI=1S/C13H12.C8H10.3C2H6/c1-3-7-12(8-4-1)11-13-9-5-2-6-10-13;1-2-8-6-4-3-5-7-8;3*1-2/h1-10H,11H2;3-7H,2H2,1H3;3*1-2H3. The average Bonchev–Trinajstić information content (AvgIpc) is 2.80. The van der Waals surface area contributed by atoms with Gasteiger partial charge in [-0.05, 0) is 29.5 Å². The molecule has 0 heterocycles.